The largest absolute Gasteiger partial charge is 0.376 e. The Balaban J connectivity index is 1.90. The number of Topliss-reactive ketones (excluding diaryl/α,β-unsaturated/α-hetero) is 1. The molecule has 3 heteroatoms. The van der Waals surface area contributed by atoms with Gasteiger partial charge in [0.2, 0.25) is 0 Å². The molecule has 2 fully saturated rings. The van der Waals surface area contributed by atoms with E-state index in [0.717, 1.165) is 44.9 Å². The van der Waals surface area contributed by atoms with E-state index in [-0.39, 0.29) is 5.92 Å². The Morgan fingerprint density at radius 3 is 2.89 bits per heavy atom. The van der Waals surface area contributed by atoms with Crippen LogP contribution in [0.5, 0.6) is 0 Å². The van der Waals surface area contributed by atoms with Gasteiger partial charge in [-0.1, -0.05) is 19.8 Å². The second-order valence-corrected chi connectivity index (χ2v) is 6.54. The zero-order valence-corrected chi connectivity index (χ0v) is 12.7. The average molecular weight is 267 g/mol. The van der Waals surface area contributed by atoms with E-state index in [1.165, 1.54) is 12.8 Å². The fraction of sp³-hybridized carbons (Fsp3) is 0.938. The molecule has 0 N–H and O–H groups in total. The summed E-state index contributed by atoms with van der Waals surface area (Å²) >= 11 is 0. The van der Waals surface area contributed by atoms with Gasteiger partial charge in [0.25, 0.3) is 0 Å². The zero-order valence-electron chi connectivity index (χ0n) is 12.7. The molecule has 2 aliphatic rings. The summed E-state index contributed by atoms with van der Waals surface area (Å²) < 4.78 is 5.67. The number of rotatable bonds is 4. The number of carbonyl (C=O) groups excluding carboxylic acids is 1. The Morgan fingerprint density at radius 1 is 1.37 bits per heavy atom. The molecule has 1 saturated carbocycles. The number of ketones is 1. The first kappa shape index (κ1) is 15.0. The van der Waals surface area contributed by atoms with Gasteiger partial charge in [-0.2, -0.15) is 0 Å². The summed E-state index contributed by atoms with van der Waals surface area (Å²) in [6.07, 6.45) is 5.89. The van der Waals surface area contributed by atoms with Gasteiger partial charge in [0.15, 0.2) is 0 Å². The summed E-state index contributed by atoms with van der Waals surface area (Å²) in [6, 6.07) is 0.454. The van der Waals surface area contributed by atoms with Gasteiger partial charge in [-0.15, -0.1) is 0 Å². The van der Waals surface area contributed by atoms with Crippen molar-refractivity contribution in [2.45, 2.75) is 65.0 Å². The van der Waals surface area contributed by atoms with Crippen LogP contribution in [0, 0.1) is 11.8 Å². The first-order valence-electron chi connectivity index (χ1n) is 7.98. The molecule has 1 aliphatic heterocycles. The summed E-state index contributed by atoms with van der Waals surface area (Å²) in [7, 11) is 0. The van der Waals surface area contributed by atoms with Crippen molar-refractivity contribution in [1.82, 2.24) is 4.90 Å². The van der Waals surface area contributed by atoms with Crippen LogP contribution < -0.4 is 0 Å². The molecular formula is C16H29NO2. The number of hydrogen-bond acceptors (Lipinski definition) is 3. The maximum absolute atomic E-state index is 12.1. The van der Waals surface area contributed by atoms with Crippen molar-refractivity contribution >= 4 is 5.78 Å². The molecule has 0 bridgehead atoms. The van der Waals surface area contributed by atoms with Crippen LogP contribution in [0.15, 0.2) is 0 Å². The Labute approximate surface area is 117 Å². The lowest BCUT2D eigenvalue weighted by Crippen LogP contribution is -2.50. The third-order valence-corrected chi connectivity index (χ3v) is 4.76. The summed E-state index contributed by atoms with van der Waals surface area (Å²) in [5, 5.41) is 0. The van der Waals surface area contributed by atoms with E-state index >= 15 is 0 Å². The molecule has 3 nitrogen and oxygen atoms in total. The Bertz CT molecular complexity index is 305. The summed E-state index contributed by atoms with van der Waals surface area (Å²) in [5.41, 5.74) is 0. The van der Waals surface area contributed by atoms with E-state index < -0.39 is 0 Å². The quantitative estimate of drug-likeness (QED) is 0.784. The van der Waals surface area contributed by atoms with Gasteiger partial charge in [-0.3, -0.25) is 9.69 Å². The highest BCUT2D eigenvalue weighted by atomic mass is 16.5. The Hall–Kier alpha value is -0.410. The first-order valence-corrected chi connectivity index (χ1v) is 7.98. The average Bonchev–Trinajstić information content (AvgIpc) is 2.38. The molecule has 0 aromatic heterocycles. The predicted molar refractivity (Wildman–Crippen MR) is 77.2 cm³/mol. The van der Waals surface area contributed by atoms with Crippen LogP contribution in [0.1, 0.15) is 52.9 Å². The minimum atomic E-state index is 0.276. The number of ether oxygens (including phenoxy) is 1. The van der Waals surface area contributed by atoms with Gasteiger partial charge >= 0.3 is 0 Å². The molecule has 0 radical (unpaired) electrons. The summed E-state index contributed by atoms with van der Waals surface area (Å²) in [6.45, 7) is 9.32. The van der Waals surface area contributed by atoms with Gasteiger partial charge in [-0.25, -0.2) is 0 Å². The van der Waals surface area contributed by atoms with Crippen LogP contribution in [0.2, 0.25) is 0 Å². The molecule has 0 spiro atoms. The molecule has 4 atom stereocenters. The Morgan fingerprint density at radius 2 is 2.16 bits per heavy atom. The van der Waals surface area contributed by atoms with Crippen LogP contribution in [-0.2, 0) is 9.53 Å². The second kappa shape index (κ2) is 6.85. The van der Waals surface area contributed by atoms with Gasteiger partial charge in [-0.05, 0) is 32.6 Å². The molecule has 1 heterocycles. The minimum absolute atomic E-state index is 0.276. The zero-order chi connectivity index (χ0) is 13.8. The van der Waals surface area contributed by atoms with Crippen molar-refractivity contribution in [3.05, 3.63) is 0 Å². The Kier molecular flexibility index (Phi) is 5.40. The van der Waals surface area contributed by atoms with Crippen molar-refractivity contribution in [2.75, 3.05) is 19.7 Å². The van der Waals surface area contributed by atoms with E-state index in [2.05, 4.69) is 25.7 Å². The molecule has 1 aliphatic carbocycles. The van der Waals surface area contributed by atoms with E-state index in [4.69, 9.17) is 4.74 Å². The molecule has 2 rings (SSSR count). The van der Waals surface area contributed by atoms with Gasteiger partial charge in [0.1, 0.15) is 5.78 Å². The number of nitrogens with zero attached hydrogens (tertiary/aromatic N) is 1. The molecule has 0 amide bonds. The molecule has 110 valence electrons. The molecule has 4 unspecified atom stereocenters. The summed E-state index contributed by atoms with van der Waals surface area (Å²) in [4.78, 5) is 14.6. The number of carbonyl (C=O) groups is 1. The molecule has 1 saturated heterocycles. The van der Waals surface area contributed by atoms with Gasteiger partial charge in [0.05, 0.1) is 12.7 Å². The fourth-order valence-electron chi connectivity index (χ4n) is 3.56. The highest BCUT2D eigenvalue weighted by Gasteiger charge is 2.32. The van der Waals surface area contributed by atoms with E-state index in [1.807, 2.05) is 0 Å². The van der Waals surface area contributed by atoms with Crippen molar-refractivity contribution in [1.29, 1.82) is 0 Å². The molecule has 0 aromatic carbocycles. The predicted octanol–water partition coefficient (Wildman–Crippen LogP) is 2.88. The number of hydrogen-bond donors (Lipinski definition) is 0. The van der Waals surface area contributed by atoms with E-state index in [9.17, 15) is 4.79 Å². The highest BCUT2D eigenvalue weighted by Crippen LogP contribution is 2.31. The van der Waals surface area contributed by atoms with Crippen LogP contribution >= 0.6 is 0 Å². The second-order valence-electron chi connectivity index (χ2n) is 6.54. The van der Waals surface area contributed by atoms with E-state index in [1.54, 1.807) is 0 Å². The monoisotopic (exact) mass is 267 g/mol. The SMILES string of the molecule is CCCC1CCC(=O)C(CN2CC(C)OCC2C)C1. The van der Waals surface area contributed by atoms with Crippen molar-refractivity contribution in [2.24, 2.45) is 11.8 Å². The third kappa shape index (κ3) is 4.03. The lowest BCUT2D eigenvalue weighted by atomic mass is 9.78. The maximum atomic E-state index is 12.1. The highest BCUT2D eigenvalue weighted by molar-refractivity contribution is 5.82. The third-order valence-electron chi connectivity index (χ3n) is 4.76. The van der Waals surface area contributed by atoms with E-state index in [0.29, 0.717) is 17.9 Å². The van der Waals surface area contributed by atoms with Crippen molar-refractivity contribution < 1.29 is 9.53 Å². The molecule has 19 heavy (non-hydrogen) atoms. The van der Waals surface area contributed by atoms with Crippen LogP contribution in [-0.4, -0.2) is 42.5 Å². The lowest BCUT2D eigenvalue weighted by Gasteiger charge is -2.40. The van der Waals surface area contributed by atoms with Crippen molar-refractivity contribution in [3.8, 4) is 0 Å². The maximum Gasteiger partial charge on any atom is 0.137 e. The fourth-order valence-corrected chi connectivity index (χ4v) is 3.56. The smallest absolute Gasteiger partial charge is 0.137 e. The number of morpholine rings is 1. The normalized spacial score (nSPS) is 37.5. The molecular weight excluding hydrogens is 238 g/mol. The molecule has 0 aromatic rings. The summed E-state index contributed by atoms with van der Waals surface area (Å²) in [5.74, 6) is 1.55. The topological polar surface area (TPSA) is 29.5 Å². The van der Waals surface area contributed by atoms with Crippen LogP contribution in [0.3, 0.4) is 0 Å². The first-order chi connectivity index (χ1) is 9.10. The van der Waals surface area contributed by atoms with Crippen LogP contribution in [0.25, 0.3) is 0 Å². The van der Waals surface area contributed by atoms with Gasteiger partial charge < -0.3 is 4.74 Å². The lowest BCUT2D eigenvalue weighted by molar-refractivity contribution is -0.128. The standard InChI is InChI=1S/C16H29NO2/c1-4-5-14-6-7-16(18)15(8-14)10-17-9-13(3)19-11-12(17)2/h12-15H,4-11H2,1-3H3. The van der Waals surface area contributed by atoms with Crippen molar-refractivity contribution in [3.63, 3.8) is 0 Å². The van der Waals surface area contributed by atoms with Gasteiger partial charge in [0, 0.05) is 31.5 Å². The van der Waals surface area contributed by atoms with Crippen LogP contribution in [0.4, 0.5) is 0 Å². The minimum Gasteiger partial charge on any atom is -0.376 e.